The molecule has 1 aromatic carbocycles. The molecule has 0 bridgehead atoms. The first-order valence-corrected chi connectivity index (χ1v) is 7.08. The number of carbonyl (C=O) groups excluding carboxylic acids is 1. The number of carbonyl (C=O) groups is 1. The highest BCUT2D eigenvalue weighted by molar-refractivity contribution is 5.93. The Morgan fingerprint density at radius 1 is 1.55 bits per heavy atom. The Labute approximate surface area is 118 Å². The molecule has 2 rings (SSSR count). The van der Waals surface area contributed by atoms with Crippen LogP contribution in [-0.4, -0.2) is 25.1 Å². The van der Waals surface area contributed by atoms with Crippen LogP contribution in [0.1, 0.15) is 26.7 Å². The minimum atomic E-state index is -0.459. The van der Waals surface area contributed by atoms with Crippen molar-refractivity contribution in [2.75, 3.05) is 18.5 Å². The highest BCUT2D eigenvalue weighted by Gasteiger charge is 2.27. The summed E-state index contributed by atoms with van der Waals surface area (Å²) >= 11 is 0. The van der Waals surface area contributed by atoms with Crippen LogP contribution >= 0.6 is 0 Å². The summed E-state index contributed by atoms with van der Waals surface area (Å²) < 4.78 is 18.9. The maximum atomic E-state index is 13.7. The van der Waals surface area contributed by atoms with Crippen LogP contribution in [0, 0.1) is 11.7 Å². The van der Waals surface area contributed by atoms with Crippen LogP contribution in [0.3, 0.4) is 0 Å². The van der Waals surface area contributed by atoms with E-state index in [2.05, 4.69) is 10.6 Å². The average molecular weight is 280 g/mol. The van der Waals surface area contributed by atoms with E-state index in [-0.39, 0.29) is 23.6 Å². The van der Waals surface area contributed by atoms with E-state index in [0.717, 1.165) is 19.4 Å². The molecule has 1 fully saturated rings. The second-order valence-corrected chi connectivity index (χ2v) is 5.06. The molecule has 1 saturated heterocycles. The average Bonchev–Trinajstić information content (AvgIpc) is 2.42. The SMILES string of the molecule is CCOc1ccc(NC(=O)C2CCCNC2C)cc1F. The molecule has 1 aromatic rings. The van der Waals surface area contributed by atoms with Crippen LogP contribution in [-0.2, 0) is 4.79 Å². The summed E-state index contributed by atoms with van der Waals surface area (Å²) in [6.45, 7) is 5.16. The van der Waals surface area contributed by atoms with Crippen LogP contribution in [0.5, 0.6) is 5.75 Å². The van der Waals surface area contributed by atoms with Crippen molar-refractivity contribution in [1.82, 2.24) is 5.32 Å². The molecule has 2 atom stereocenters. The van der Waals surface area contributed by atoms with E-state index >= 15 is 0 Å². The lowest BCUT2D eigenvalue weighted by molar-refractivity contribution is -0.121. The summed E-state index contributed by atoms with van der Waals surface area (Å²) in [5.41, 5.74) is 0.466. The molecular weight excluding hydrogens is 259 g/mol. The number of ether oxygens (including phenoxy) is 1. The van der Waals surface area contributed by atoms with Gasteiger partial charge < -0.3 is 15.4 Å². The predicted molar refractivity (Wildman–Crippen MR) is 76.4 cm³/mol. The zero-order chi connectivity index (χ0) is 14.5. The fraction of sp³-hybridized carbons (Fsp3) is 0.533. The van der Waals surface area contributed by atoms with Gasteiger partial charge >= 0.3 is 0 Å². The smallest absolute Gasteiger partial charge is 0.229 e. The molecule has 4 nitrogen and oxygen atoms in total. The molecule has 0 aromatic heterocycles. The van der Waals surface area contributed by atoms with Gasteiger partial charge in [0.2, 0.25) is 5.91 Å². The number of halogens is 1. The Bertz CT molecular complexity index is 479. The fourth-order valence-electron chi connectivity index (χ4n) is 2.49. The Hall–Kier alpha value is -1.62. The lowest BCUT2D eigenvalue weighted by Gasteiger charge is -2.28. The summed E-state index contributed by atoms with van der Waals surface area (Å²) in [4.78, 5) is 12.2. The summed E-state index contributed by atoms with van der Waals surface area (Å²) in [7, 11) is 0. The van der Waals surface area contributed by atoms with Crippen LogP contribution in [0.25, 0.3) is 0 Å². The number of nitrogens with one attached hydrogen (secondary N) is 2. The fourth-order valence-corrected chi connectivity index (χ4v) is 2.49. The molecule has 5 heteroatoms. The van der Waals surface area contributed by atoms with E-state index in [1.165, 1.54) is 12.1 Å². The summed E-state index contributed by atoms with van der Waals surface area (Å²) in [5, 5.41) is 6.06. The number of amides is 1. The standard InChI is InChI=1S/C15H21FN2O2/c1-3-20-14-7-6-11(9-13(14)16)18-15(19)12-5-4-8-17-10(12)2/h6-7,9-10,12,17H,3-5,8H2,1-2H3,(H,18,19). The first kappa shape index (κ1) is 14.8. The largest absolute Gasteiger partial charge is 0.491 e. The van der Waals surface area contributed by atoms with Crippen LogP contribution in [0.4, 0.5) is 10.1 Å². The van der Waals surface area contributed by atoms with Gasteiger partial charge in [-0.05, 0) is 45.4 Å². The van der Waals surface area contributed by atoms with Gasteiger partial charge in [0, 0.05) is 17.8 Å². The van der Waals surface area contributed by atoms with Crippen LogP contribution in [0.2, 0.25) is 0 Å². The van der Waals surface area contributed by atoms with Crippen molar-refractivity contribution < 1.29 is 13.9 Å². The molecule has 0 saturated carbocycles. The third-order valence-corrected chi connectivity index (χ3v) is 3.60. The van der Waals surface area contributed by atoms with Crippen molar-refractivity contribution >= 4 is 11.6 Å². The molecule has 110 valence electrons. The summed E-state index contributed by atoms with van der Waals surface area (Å²) in [5.74, 6) is -0.385. The summed E-state index contributed by atoms with van der Waals surface area (Å²) in [6.07, 6.45) is 1.85. The molecule has 0 spiro atoms. The van der Waals surface area contributed by atoms with Crippen molar-refractivity contribution in [3.8, 4) is 5.75 Å². The van der Waals surface area contributed by atoms with Crippen molar-refractivity contribution in [2.24, 2.45) is 5.92 Å². The van der Waals surface area contributed by atoms with Gasteiger partial charge in [-0.2, -0.15) is 0 Å². The minimum Gasteiger partial charge on any atom is -0.491 e. The number of hydrogen-bond acceptors (Lipinski definition) is 3. The van der Waals surface area contributed by atoms with Gasteiger partial charge in [-0.1, -0.05) is 0 Å². The van der Waals surface area contributed by atoms with Gasteiger partial charge in [-0.15, -0.1) is 0 Å². The lowest BCUT2D eigenvalue weighted by atomic mass is 9.91. The highest BCUT2D eigenvalue weighted by Crippen LogP contribution is 2.23. The monoisotopic (exact) mass is 280 g/mol. The Morgan fingerprint density at radius 3 is 3.00 bits per heavy atom. The maximum Gasteiger partial charge on any atom is 0.229 e. The normalized spacial score (nSPS) is 22.4. The summed E-state index contributed by atoms with van der Waals surface area (Å²) in [6, 6.07) is 4.64. The third-order valence-electron chi connectivity index (χ3n) is 3.60. The second kappa shape index (κ2) is 6.70. The third kappa shape index (κ3) is 3.48. The van der Waals surface area contributed by atoms with Gasteiger partial charge in [0.1, 0.15) is 0 Å². The number of piperidine rings is 1. The number of anilines is 1. The highest BCUT2D eigenvalue weighted by atomic mass is 19.1. The molecule has 2 N–H and O–H groups in total. The van der Waals surface area contributed by atoms with E-state index in [0.29, 0.717) is 12.3 Å². The van der Waals surface area contributed by atoms with Crippen molar-refractivity contribution in [1.29, 1.82) is 0 Å². The molecule has 1 heterocycles. The molecule has 1 amide bonds. The Kier molecular flexibility index (Phi) is 4.95. The molecule has 0 aliphatic carbocycles. The second-order valence-electron chi connectivity index (χ2n) is 5.06. The van der Waals surface area contributed by atoms with E-state index in [1.54, 1.807) is 13.0 Å². The van der Waals surface area contributed by atoms with Crippen molar-refractivity contribution in [2.45, 2.75) is 32.7 Å². The van der Waals surface area contributed by atoms with Gasteiger partial charge in [-0.3, -0.25) is 4.79 Å². The Balaban J connectivity index is 2.02. The molecule has 1 aliphatic rings. The van der Waals surface area contributed by atoms with E-state index in [9.17, 15) is 9.18 Å². The molecule has 20 heavy (non-hydrogen) atoms. The molecule has 1 aliphatic heterocycles. The number of hydrogen-bond donors (Lipinski definition) is 2. The van der Waals surface area contributed by atoms with Gasteiger partial charge in [0.05, 0.1) is 12.5 Å². The first-order chi connectivity index (χ1) is 9.61. The Morgan fingerprint density at radius 2 is 2.35 bits per heavy atom. The quantitative estimate of drug-likeness (QED) is 0.891. The van der Waals surface area contributed by atoms with Gasteiger partial charge in [0.15, 0.2) is 11.6 Å². The predicted octanol–water partition coefficient (Wildman–Crippen LogP) is 2.55. The molecule has 0 radical (unpaired) electrons. The zero-order valence-corrected chi connectivity index (χ0v) is 11.9. The first-order valence-electron chi connectivity index (χ1n) is 7.08. The topological polar surface area (TPSA) is 50.4 Å². The van der Waals surface area contributed by atoms with E-state index in [1.807, 2.05) is 6.92 Å². The van der Waals surface area contributed by atoms with Crippen LogP contribution in [0.15, 0.2) is 18.2 Å². The van der Waals surface area contributed by atoms with Crippen LogP contribution < -0.4 is 15.4 Å². The number of rotatable bonds is 4. The zero-order valence-electron chi connectivity index (χ0n) is 11.9. The van der Waals surface area contributed by atoms with Gasteiger partial charge in [0.25, 0.3) is 0 Å². The van der Waals surface area contributed by atoms with Crippen molar-refractivity contribution in [3.05, 3.63) is 24.0 Å². The minimum absolute atomic E-state index is 0.0618. The molecular formula is C15H21FN2O2. The van der Waals surface area contributed by atoms with E-state index in [4.69, 9.17) is 4.74 Å². The van der Waals surface area contributed by atoms with Gasteiger partial charge in [-0.25, -0.2) is 4.39 Å². The molecule has 2 unspecified atom stereocenters. The maximum absolute atomic E-state index is 13.7. The van der Waals surface area contributed by atoms with E-state index < -0.39 is 5.82 Å². The number of benzene rings is 1. The lowest BCUT2D eigenvalue weighted by Crippen LogP contribution is -2.44. The van der Waals surface area contributed by atoms with Crippen molar-refractivity contribution in [3.63, 3.8) is 0 Å².